The lowest BCUT2D eigenvalue weighted by Gasteiger charge is -2.24. The summed E-state index contributed by atoms with van der Waals surface area (Å²) in [5.41, 5.74) is 3.10. The summed E-state index contributed by atoms with van der Waals surface area (Å²) >= 11 is 0. The third-order valence-corrected chi connectivity index (χ3v) is 7.01. The van der Waals surface area contributed by atoms with Gasteiger partial charge in [-0.25, -0.2) is 9.07 Å². The van der Waals surface area contributed by atoms with Crippen LogP contribution in [0.4, 0.5) is 27.7 Å². The zero-order valence-electron chi connectivity index (χ0n) is 21.3. The summed E-state index contributed by atoms with van der Waals surface area (Å²) in [6.07, 6.45) is 5.28. The molecule has 11 nitrogen and oxygen atoms in total. The number of nitrogens with one attached hydrogen (secondary N) is 4. The topological polar surface area (TPSA) is 127 Å². The Hall–Kier alpha value is -3.77. The maximum Gasteiger partial charge on any atom is 0.227 e. The summed E-state index contributed by atoms with van der Waals surface area (Å²) in [6, 6.07) is 7.44. The van der Waals surface area contributed by atoms with Gasteiger partial charge in [-0.1, -0.05) is 6.07 Å². The van der Waals surface area contributed by atoms with E-state index in [1.54, 1.807) is 12.3 Å². The van der Waals surface area contributed by atoms with Gasteiger partial charge >= 0.3 is 0 Å². The van der Waals surface area contributed by atoms with Gasteiger partial charge in [-0.15, -0.1) is 0 Å². The van der Waals surface area contributed by atoms with Crippen molar-refractivity contribution in [3.8, 4) is 0 Å². The molecule has 0 unspecified atom stereocenters. The Labute approximate surface area is 219 Å². The molecule has 200 valence electrons. The van der Waals surface area contributed by atoms with Crippen molar-refractivity contribution in [1.29, 1.82) is 0 Å². The van der Waals surface area contributed by atoms with Crippen LogP contribution in [-0.2, 0) is 16.0 Å². The smallest absolute Gasteiger partial charge is 0.227 e. The molecule has 2 aliphatic heterocycles. The van der Waals surface area contributed by atoms with Crippen LogP contribution in [0.5, 0.6) is 0 Å². The largest absolute Gasteiger partial charge is 0.381 e. The maximum atomic E-state index is 14.5. The van der Waals surface area contributed by atoms with Crippen LogP contribution in [0, 0.1) is 12.7 Å². The molecule has 4 N–H and O–H groups in total. The summed E-state index contributed by atoms with van der Waals surface area (Å²) < 4.78 is 27.5. The molecule has 4 aromatic rings. The summed E-state index contributed by atoms with van der Waals surface area (Å²) in [6.45, 7) is 5.17. The van der Waals surface area contributed by atoms with Crippen molar-refractivity contribution in [2.24, 2.45) is 0 Å². The maximum absolute atomic E-state index is 14.5. The fourth-order valence-corrected chi connectivity index (χ4v) is 4.94. The number of anilines is 4. The average Bonchev–Trinajstić information content (AvgIpc) is 3.56. The summed E-state index contributed by atoms with van der Waals surface area (Å²) in [7, 11) is 0. The van der Waals surface area contributed by atoms with Gasteiger partial charge in [0.05, 0.1) is 23.3 Å². The van der Waals surface area contributed by atoms with Crippen molar-refractivity contribution in [1.82, 2.24) is 29.9 Å². The monoisotopic (exact) mass is 521 g/mol. The van der Waals surface area contributed by atoms with Crippen LogP contribution in [0.3, 0.4) is 0 Å². The Morgan fingerprint density at radius 1 is 1.05 bits per heavy atom. The van der Waals surface area contributed by atoms with Crippen molar-refractivity contribution >= 4 is 34.3 Å². The van der Waals surface area contributed by atoms with Crippen LogP contribution in [0.15, 0.2) is 30.5 Å². The van der Waals surface area contributed by atoms with Crippen LogP contribution in [-0.4, -0.2) is 62.4 Å². The Morgan fingerprint density at radius 2 is 1.84 bits per heavy atom. The average molecular weight is 522 g/mol. The second-order valence-electron chi connectivity index (χ2n) is 9.83. The molecule has 2 aliphatic rings. The number of hydrogen-bond acceptors (Lipinski definition) is 9. The number of benzene rings is 1. The van der Waals surface area contributed by atoms with Gasteiger partial charge in [-0.3, -0.25) is 5.10 Å². The van der Waals surface area contributed by atoms with Gasteiger partial charge in [-0.05, 0) is 50.3 Å². The Balaban J connectivity index is 1.26. The molecule has 2 saturated heterocycles. The Kier molecular flexibility index (Phi) is 7.06. The molecule has 5 heterocycles. The quantitative estimate of drug-likeness (QED) is 0.268. The lowest BCUT2D eigenvalue weighted by Crippen LogP contribution is -2.28. The zero-order chi connectivity index (χ0) is 25.9. The molecule has 6 rings (SSSR count). The van der Waals surface area contributed by atoms with Gasteiger partial charge < -0.3 is 25.4 Å². The predicted molar refractivity (Wildman–Crippen MR) is 142 cm³/mol. The van der Waals surface area contributed by atoms with E-state index in [0.29, 0.717) is 56.2 Å². The normalized spacial score (nSPS) is 17.1. The lowest BCUT2D eigenvalue weighted by molar-refractivity contribution is 0.0673. The van der Waals surface area contributed by atoms with E-state index in [1.165, 1.54) is 6.07 Å². The van der Waals surface area contributed by atoms with E-state index in [4.69, 9.17) is 19.4 Å². The fraction of sp³-hybridized carbons (Fsp3) is 0.462. The highest BCUT2D eigenvalue weighted by Crippen LogP contribution is 2.30. The molecule has 0 atom stereocenters. The number of nitrogens with zero attached hydrogens (tertiary/aromatic N) is 5. The number of ether oxygens (including phenoxy) is 2. The molecule has 0 spiro atoms. The minimum Gasteiger partial charge on any atom is -0.381 e. The van der Waals surface area contributed by atoms with Crippen LogP contribution in [0.2, 0.25) is 0 Å². The molecule has 0 radical (unpaired) electrons. The highest BCUT2D eigenvalue weighted by molar-refractivity contribution is 5.89. The van der Waals surface area contributed by atoms with E-state index in [9.17, 15) is 4.39 Å². The van der Waals surface area contributed by atoms with E-state index in [1.807, 2.05) is 23.7 Å². The van der Waals surface area contributed by atoms with Crippen molar-refractivity contribution < 1.29 is 13.9 Å². The minimum atomic E-state index is -0.265. The first-order chi connectivity index (χ1) is 18.6. The number of fused-ring (bicyclic) bond motifs is 1. The molecule has 0 amide bonds. The Bertz CT molecular complexity index is 1390. The predicted octanol–water partition coefficient (Wildman–Crippen LogP) is 4.30. The van der Waals surface area contributed by atoms with E-state index in [-0.39, 0.29) is 17.9 Å². The van der Waals surface area contributed by atoms with Crippen molar-refractivity contribution in [2.75, 3.05) is 42.4 Å². The molecule has 12 heteroatoms. The van der Waals surface area contributed by atoms with Gasteiger partial charge in [0.1, 0.15) is 11.6 Å². The number of aromatic amines is 1. The standard InChI is InChI=1S/C26H32FN9O2/c1-16-12-23(35-34-16)31-24-20-15-29-36(19-6-10-38-11-7-19)25(20)33-26(32-24)28-14-17-2-3-21(27)22(13-17)30-18-4-8-37-9-5-18/h2-3,12-13,15,18-19,30H,4-11,14H2,1H3,(H3,28,31,32,33,34,35). The van der Waals surface area contributed by atoms with Crippen molar-refractivity contribution in [3.63, 3.8) is 0 Å². The lowest BCUT2D eigenvalue weighted by atomic mass is 10.1. The third-order valence-electron chi connectivity index (χ3n) is 7.01. The number of aryl methyl sites for hydroxylation is 1. The van der Waals surface area contributed by atoms with E-state index < -0.39 is 0 Å². The number of halogens is 1. The highest BCUT2D eigenvalue weighted by atomic mass is 19.1. The molecular formula is C26H32FN9O2. The third kappa shape index (κ3) is 5.41. The van der Waals surface area contributed by atoms with Gasteiger partial charge in [0, 0.05) is 50.8 Å². The second kappa shape index (κ2) is 10.9. The van der Waals surface area contributed by atoms with Gasteiger partial charge in [0.15, 0.2) is 11.5 Å². The van der Waals surface area contributed by atoms with Crippen molar-refractivity contribution in [3.05, 3.63) is 47.5 Å². The van der Waals surface area contributed by atoms with Gasteiger partial charge in [0.2, 0.25) is 5.95 Å². The number of hydrogen-bond donors (Lipinski definition) is 4. The number of rotatable bonds is 8. The molecule has 0 aliphatic carbocycles. The van der Waals surface area contributed by atoms with Gasteiger partial charge in [-0.2, -0.15) is 20.2 Å². The van der Waals surface area contributed by atoms with Crippen LogP contribution in [0.25, 0.3) is 11.0 Å². The molecule has 1 aromatic carbocycles. The SMILES string of the molecule is Cc1cc(Nc2nc(NCc3ccc(F)c(NC4CCOCC4)c3)nc3c2cnn3C2CCOCC2)n[nH]1. The van der Waals surface area contributed by atoms with E-state index in [0.717, 1.165) is 48.0 Å². The number of aromatic nitrogens is 6. The second-order valence-corrected chi connectivity index (χ2v) is 9.83. The minimum absolute atomic E-state index is 0.206. The van der Waals surface area contributed by atoms with Crippen molar-refractivity contribution in [2.45, 2.75) is 51.2 Å². The fourth-order valence-electron chi connectivity index (χ4n) is 4.94. The van der Waals surface area contributed by atoms with Crippen LogP contribution in [0.1, 0.15) is 43.0 Å². The first kappa shape index (κ1) is 24.6. The summed E-state index contributed by atoms with van der Waals surface area (Å²) in [4.78, 5) is 9.58. The van der Waals surface area contributed by atoms with E-state index in [2.05, 4.69) is 31.2 Å². The first-order valence-electron chi connectivity index (χ1n) is 13.1. The van der Waals surface area contributed by atoms with Crippen LogP contribution >= 0.6 is 0 Å². The highest BCUT2D eigenvalue weighted by Gasteiger charge is 2.22. The summed E-state index contributed by atoms with van der Waals surface area (Å²) in [5.74, 6) is 1.46. The molecule has 3 aromatic heterocycles. The van der Waals surface area contributed by atoms with Crippen LogP contribution < -0.4 is 16.0 Å². The summed E-state index contributed by atoms with van der Waals surface area (Å²) in [5, 5.41) is 22.7. The molecule has 0 saturated carbocycles. The first-order valence-corrected chi connectivity index (χ1v) is 13.1. The van der Waals surface area contributed by atoms with Gasteiger partial charge in [0.25, 0.3) is 0 Å². The molecule has 2 fully saturated rings. The molecule has 38 heavy (non-hydrogen) atoms. The molecular weight excluding hydrogens is 489 g/mol. The van der Waals surface area contributed by atoms with E-state index >= 15 is 0 Å². The molecule has 0 bridgehead atoms. The Morgan fingerprint density at radius 3 is 2.61 bits per heavy atom. The zero-order valence-corrected chi connectivity index (χ0v) is 21.3. The number of H-pyrrole nitrogens is 1.